The molecular weight excluding hydrogens is 180 g/mol. The molecule has 0 N–H and O–H groups in total. The minimum absolute atomic E-state index is 0.681. The second-order valence-electron chi connectivity index (χ2n) is 1.81. The molecule has 0 heterocycles. The number of carbonyl (C=O) groups is 1. The lowest BCUT2D eigenvalue weighted by Crippen LogP contribution is -2.33. The number of esters is 1. The number of ether oxygens (including phenoxy) is 1. The van der Waals surface area contributed by atoms with E-state index < -0.39 is 18.3 Å². The van der Waals surface area contributed by atoms with Crippen LogP contribution in [0.2, 0.25) is 0 Å². The second kappa shape index (κ2) is 4.08. The molecule has 6 heteroatoms. The van der Waals surface area contributed by atoms with Gasteiger partial charge in [0.1, 0.15) is 0 Å². The monoisotopic (exact) mass is 186 g/mol. The summed E-state index contributed by atoms with van der Waals surface area (Å²) >= 11 is 0. The van der Waals surface area contributed by atoms with Crippen LogP contribution in [-0.4, -0.2) is 18.3 Å². The van der Waals surface area contributed by atoms with E-state index in [2.05, 4.69) is 4.74 Å². The van der Waals surface area contributed by atoms with Crippen molar-refractivity contribution in [2.75, 3.05) is 0 Å². The van der Waals surface area contributed by atoms with Crippen molar-refractivity contribution < 1.29 is 27.1 Å². The first-order chi connectivity index (χ1) is 5.39. The maximum atomic E-state index is 12.0. The van der Waals surface area contributed by atoms with Gasteiger partial charge in [-0.25, -0.2) is 9.18 Å². The molecular formula is C6H6F4O2. The van der Waals surface area contributed by atoms with Gasteiger partial charge in [0.05, 0.1) is 6.26 Å². The van der Waals surface area contributed by atoms with Crippen LogP contribution in [0.5, 0.6) is 0 Å². The molecule has 0 aliphatic carbocycles. The van der Waals surface area contributed by atoms with Crippen LogP contribution in [0.15, 0.2) is 12.3 Å². The highest BCUT2D eigenvalue weighted by Gasteiger charge is 2.46. The summed E-state index contributed by atoms with van der Waals surface area (Å²) in [7, 11) is 0. The zero-order valence-corrected chi connectivity index (χ0v) is 6.06. The fourth-order valence-electron chi connectivity index (χ4n) is 0.328. The molecule has 0 rings (SSSR count). The number of rotatable bonds is 2. The third kappa shape index (κ3) is 3.36. The Kier molecular flexibility index (Phi) is 3.72. The number of hydrogen-bond donors (Lipinski definition) is 0. The molecule has 0 amide bonds. The first-order valence-corrected chi connectivity index (χ1v) is 2.92. The predicted octanol–water partition coefficient (Wildman–Crippen LogP) is 1.96. The SMILES string of the molecule is CC=COC(=O)C(F)C(F)(F)F. The van der Waals surface area contributed by atoms with E-state index in [1.54, 1.807) is 0 Å². The third-order valence-electron chi connectivity index (χ3n) is 0.815. The summed E-state index contributed by atoms with van der Waals surface area (Å²) < 4.78 is 50.0. The summed E-state index contributed by atoms with van der Waals surface area (Å²) in [5.41, 5.74) is 0. The van der Waals surface area contributed by atoms with Gasteiger partial charge < -0.3 is 4.74 Å². The molecule has 0 radical (unpaired) electrons. The minimum Gasteiger partial charge on any atom is -0.432 e. The van der Waals surface area contributed by atoms with Gasteiger partial charge in [-0.1, -0.05) is 6.08 Å². The van der Waals surface area contributed by atoms with Crippen molar-refractivity contribution in [3.8, 4) is 0 Å². The van der Waals surface area contributed by atoms with Crippen molar-refractivity contribution in [1.29, 1.82) is 0 Å². The molecule has 1 unspecified atom stereocenters. The van der Waals surface area contributed by atoms with Gasteiger partial charge >= 0.3 is 12.1 Å². The zero-order valence-electron chi connectivity index (χ0n) is 6.06. The van der Waals surface area contributed by atoms with E-state index in [9.17, 15) is 22.4 Å². The Bertz CT molecular complexity index is 184. The number of allylic oxidation sites excluding steroid dienone is 1. The van der Waals surface area contributed by atoms with Gasteiger partial charge in [0, 0.05) is 0 Å². The number of halogens is 4. The van der Waals surface area contributed by atoms with Gasteiger partial charge in [-0.3, -0.25) is 0 Å². The summed E-state index contributed by atoms with van der Waals surface area (Å²) in [5.74, 6) is -1.96. The van der Waals surface area contributed by atoms with Crippen molar-refractivity contribution in [1.82, 2.24) is 0 Å². The fraction of sp³-hybridized carbons (Fsp3) is 0.500. The molecule has 0 aromatic carbocycles. The van der Waals surface area contributed by atoms with Gasteiger partial charge in [-0.05, 0) is 6.92 Å². The Hall–Kier alpha value is -1.07. The molecule has 0 aromatic heterocycles. The molecule has 1 atom stereocenters. The Morgan fingerprint density at radius 2 is 2.00 bits per heavy atom. The molecule has 2 nitrogen and oxygen atoms in total. The standard InChI is InChI=1S/C6H6F4O2/c1-2-3-12-5(11)4(7)6(8,9)10/h2-4H,1H3. The molecule has 0 bridgehead atoms. The van der Waals surface area contributed by atoms with E-state index >= 15 is 0 Å². The number of alkyl halides is 4. The van der Waals surface area contributed by atoms with Crippen molar-refractivity contribution in [2.24, 2.45) is 0 Å². The van der Waals surface area contributed by atoms with Crippen molar-refractivity contribution in [3.05, 3.63) is 12.3 Å². The van der Waals surface area contributed by atoms with Crippen LogP contribution in [0.4, 0.5) is 17.6 Å². The fourth-order valence-corrected chi connectivity index (χ4v) is 0.328. The second-order valence-corrected chi connectivity index (χ2v) is 1.81. The van der Waals surface area contributed by atoms with E-state index in [1.165, 1.54) is 13.0 Å². The largest absolute Gasteiger partial charge is 0.432 e. The van der Waals surface area contributed by atoms with Crippen molar-refractivity contribution >= 4 is 5.97 Å². The first kappa shape index (κ1) is 10.9. The van der Waals surface area contributed by atoms with Crippen LogP contribution >= 0.6 is 0 Å². The smallest absolute Gasteiger partial charge is 0.430 e. The van der Waals surface area contributed by atoms with Gasteiger partial charge in [0.25, 0.3) is 6.17 Å². The van der Waals surface area contributed by atoms with Crippen LogP contribution in [0.3, 0.4) is 0 Å². The lowest BCUT2D eigenvalue weighted by Gasteiger charge is -2.08. The van der Waals surface area contributed by atoms with E-state index in [-0.39, 0.29) is 0 Å². The van der Waals surface area contributed by atoms with E-state index in [0.29, 0.717) is 6.26 Å². The lowest BCUT2D eigenvalue weighted by atomic mass is 10.4. The molecule has 12 heavy (non-hydrogen) atoms. The number of hydrogen-bond acceptors (Lipinski definition) is 2. The average Bonchev–Trinajstić information content (AvgIpc) is 1.97. The summed E-state index contributed by atoms with van der Waals surface area (Å²) in [6.45, 7) is 1.41. The molecule has 0 spiro atoms. The highest BCUT2D eigenvalue weighted by molar-refractivity contribution is 5.75. The highest BCUT2D eigenvalue weighted by atomic mass is 19.4. The molecule has 70 valence electrons. The zero-order chi connectivity index (χ0) is 9.78. The van der Waals surface area contributed by atoms with Crippen molar-refractivity contribution in [2.45, 2.75) is 19.3 Å². The summed E-state index contributed by atoms with van der Waals surface area (Å²) in [4.78, 5) is 10.2. The van der Waals surface area contributed by atoms with Crippen LogP contribution in [0.25, 0.3) is 0 Å². The topological polar surface area (TPSA) is 26.3 Å². The third-order valence-corrected chi connectivity index (χ3v) is 0.815. The van der Waals surface area contributed by atoms with E-state index in [1.807, 2.05) is 0 Å². The number of carbonyl (C=O) groups excluding carboxylic acids is 1. The summed E-state index contributed by atoms with van der Waals surface area (Å²) in [5, 5.41) is 0. The quantitative estimate of drug-likeness (QED) is 0.374. The normalized spacial score (nSPS) is 14.8. The van der Waals surface area contributed by atoms with Gasteiger partial charge in [-0.2, -0.15) is 13.2 Å². The van der Waals surface area contributed by atoms with E-state index in [0.717, 1.165) is 0 Å². The Morgan fingerprint density at radius 1 is 1.50 bits per heavy atom. The van der Waals surface area contributed by atoms with Crippen LogP contribution in [-0.2, 0) is 9.53 Å². The molecule has 0 saturated carbocycles. The average molecular weight is 186 g/mol. The van der Waals surface area contributed by atoms with Crippen LogP contribution in [0.1, 0.15) is 6.92 Å². The van der Waals surface area contributed by atoms with Crippen molar-refractivity contribution in [3.63, 3.8) is 0 Å². The van der Waals surface area contributed by atoms with Crippen LogP contribution in [0, 0.1) is 0 Å². The molecule has 0 aliphatic rings. The minimum atomic E-state index is -5.20. The Labute approximate surface area is 65.8 Å². The molecule has 0 fully saturated rings. The molecule has 0 aromatic rings. The predicted molar refractivity (Wildman–Crippen MR) is 31.9 cm³/mol. The highest BCUT2D eigenvalue weighted by Crippen LogP contribution is 2.23. The summed E-state index contributed by atoms with van der Waals surface area (Å²) in [6, 6.07) is 0. The van der Waals surface area contributed by atoms with Gasteiger partial charge in [0.2, 0.25) is 0 Å². The first-order valence-electron chi connectivity index (χ1n) is 2.92. The molecule has 0 aliphatic heterocycles. The Balaban J connectivity index is 4.11. The maximum Gasteiger partial charge on any atom is 0.430 e. The maximum absolute atomic E-state index is 12.0. The molecule has 0 saturated heterocycles. The van der Waals surface area contributed by atoms with Crippen LogP contribution < -0.4 is 0 Å². The van der Waals surface area contributed by atoms with E-state index in [4.69, 9.17) is 0 Å². The van der Waals surface area contributed by atoms with Gasteiger partial charge in [0.15, 0.2) is 0 Å². The Morgan fingerprint density at radius 3 is 2.33 bits per heavy atom. The van der Waals surface area contributed by atoms with Gasteiger partial charge in [-0.15, -0.1) is 0 Å². The lowest BCUT2D eigenvalue weighted by molar-refractivity contribution is -0.197. The summed E-state index contributed by atoms with van der Waals surface area (Å²) in [6.07, 6.45) is -6.92.